The molecule has 1 aliphatic rings. The van der Waals surface area contributed by atoms with E-state index in [0.29, 0.717) is 12.2 Å². The van der Waals surface area contributed by atoms with E-state index in [0.717, 1.165) is 39.1 Å². The molecule has 2 amide bonds. The molecule has 2 aromatic rings. The number of carbonyl (C=O) groups is 1. The van der Waals surface area contributed by atoms with Gasteiger partial charge in [0.05, 0.1) is 11.9 Å². The summed E-state index contributed by atoms with van der Waals surface area (Å²) >= 11 is 0. The van der Waals surface area contributed by atoms with E-state index in [4.69, 9.17) is 0 Å². The highest BCUT2D eigenvalue weighted by molar-refractivity contribution is 5.88. The van der Waals surface area contributed by atoms with Crippen LogP contribution >= 0.6 is 0 Å². The highest BCUT2D eigenvalue weighted by Crippen LogP contribution is 2.17. The average molecular weight is 342 g/mol. The second-order valence-corrected chi connectivity index (χ2v) is 6.39. The molecule has 25 heavy (non-hydrogen) atoms. The third kappa shape index (κ3) is 5.22. The second kappa shape index (κ2) is 8.53. The molecular formula is C18H26N6O. The zero-order valence-corrected chi connectivity index (χ0v) is 14.7. The van der Waals surface area contributed by atoms with Crippen LogP contribution in [0.5, 0.6) is 0 Å². The molecule has 0 spiro atoms. The Balaban J connectivity index is 1.31. The zero-order chi connectivity index (χ0) is 17.5. The molecule has 0 unspecified atom stereocenters. The SMILES string of the molecule is Cc1cccc(N2CCN(CCCNC(=O)Nc3cn[nH]c3)CC2)c1. The molecule has 0 radical (unpaired) electrons. The van der Waals surface area contributed by atoms with Crippen LogP contribution in [0.3, 0.4) is 0 Å². The summed E-state index contributed by atoms with van der Waals surface area (Å²) in [5.41, 5.74) is 3.29. The van der Waals surface area contributed by atoms with Gasteiger partial charge in [-0.15, -0.1) is 0 Å². The van der Waals surface area contributed by atoms with E-state index in [1.807, 2.05) is 0 Å². The summed E-state index contributed by atoms with van der Waals surface area (Å²) in [6, 6.07) is 8.50. The maximum atomic E-state index is 11.7. The van der Waals surface area contributed by atoms with E-state index in [1.54, 1.807) is 12.4 Å². The van der Waals surface area contributed by atoms with Gasteiger partial charge in [0.1, 0.15) is 0 Å². The Kier molecular flexibility index (Phi) is 5.90. The van der Waals surface area contributed by atoms with Crippen molar-refractivity contribution >= 4 is 17.4 Å². The summed E-state index contributed by atoms with van der Waals surface area (Å²) in [6.45, 7) is 8.05. The van der Waals surface area contributed by atoms with Gasteiger partial charge >= 0.3 is 6.03 Å². The summed E-state index contributed by atoms with van der Waals surface area (Å²) in [4.78, 5) is 16.6. The van der Waals surface area contributed by atoms with Crippen molar-refractivity contribution in [3.63, 3.8) is 0 Å². The van der Waals surface area contributed by atoms with Crippen molar-refractivity contribution in [1.29, 1.82) is 0 Å². The molecule has 0 atom stereocenters. The Morgan fingerprint density at radius 1 is 1.28 bits per heavy atom. The molecule has 1 fully saturated rings. The molecule has 0 aliphatic carbocycles. The third-order valence-electron chi connectivity index (χ3n) is 4.43. The van der Waals surface area contributed by atoms with Gasteiger partial charge in [0, 0.05) is 44.6 Å². The second-order valence-electron chi connectivity index (χ2n) is 6.39. The topological polar surface area (TPSA) is 76.3 Å². The fraction of sp³-hybridized carbons (Fsp3) is 0.444. The number of nitrogens with one attached hydrogen (secondary N) is 3. The van der Waals surface area contributed by atoms with E-state index in [2.05, 4.69) is 61.8 Å². The fourth-order valence-electron chi connectivity index (χ4n) is 3.05. The van der Waals surface area contributed by atoms with Gasteiger partial charge in [0.25, 0.3) is 0 Å². The number of anilines is 2. The van der Waals surface area contributed by atoms with E-state index in [9.17, 15) is 4.79 Å². The first-order valence-electron chi connectivity index (χ1n) is 8.78. The lowest BCUT2D eigenvalue weighted by Gasteiger charge is -2.36. The number of aromatic amines is 1. The first kappa shape index (κ1) is 17.3. The Hall–Kier alpha value is -2.54. The molecule has 0 saturated carbocycles. The van der Waals surface area contributed by atoms with Crippen LogP contribution in [0.4, 0.5) is 16.2 Å². The number of benzene rings is 1. The van der Waals surface area contributed by atoms with Crippen LogP contribution in [0.25, 0.3) is 0 Å². The molecule has 2 heterocycles. The molecular weight excluding hydrogens is 316 g/mol. The van der Waals surface area contributed by atoms with Crippen molar-refractivity contribution in [2.24, 2.45) is 0 Å². The fourth-order valence-corrected chi connectivity index (χ4v) is 3.05. The quantitative estimate of drug-likeness (QED) is 0.702. The minimum absolute atomic E-state index is 0.189. The lowest BCUT2D eigenvalue weighted by molar-refractivity contribution is 0.244. The van der Waals surface area contributed by atoms with Gasteiger partial charge in [-0.2, -0.15) is 5.10 Å². The molecule has 134 valence electrons. The number of aryl methyl sites for hydroxylation is 1. The van der Waals surface area contributed by atoms with Gasteiger partial charge in [0.15, 0.2) is 0 Å². The van der Waals surface area contributed by atoms with Crippen molar-refractivity contribution in [3.05, 3.63) is 42.2 Å². The predicted molar refractivity (Wildman–Crippen MR) is 100 cm³/mol. The minimum atomic E-state index is -0.189. The highest BCUT2D eigenvalue weighted by atomic mass is 16.2. The molecule has 1 aliphatic heterocycles. The molecule has 3 rings (SSSR count). The molecule has 3 N–H and O–H groups in total. The van der Waals surface area contributed by atoms with Crippen LogP contribution in [0, 0.1) is 6.92 Å². The van der Waals surface area contributed by atoms with Crippen LogP contribution in [0.15, 0.2) is 36.7 Å². The molecule has 1 saturated heterocycles. The maximum Gasteiger partial charge on any atom is 0.319 e. The van der Waals surface area contributed by atoms with E-state index < -0.39 is 0 Å². The molecule has 1 aromatic heterocycles. The Morgan fingerprint density at radius 2 is 2.12 bits per heavy atom. The van der Waals surface area contributed by atoms with Gasteiger partial charge < -0.3 is 15.5 Å². The van der Waals surface area contributed by atoms with Crippen LogP contribution in [0.2, 0.25) is 0 Å². The number of aromatic nitrogens is 2. The monoisotopic (exact) mass is 342 g/mol. The summed E-state index contributed by atoms with van der Waals surface area (Å²) in [5, 5.41) is 12.0. The standard InChI is InChI=1S/C18H26N6O/c1-15-4-2-5-17(12-15)24-10-8-23(9-11-24)7-3-6-19-18(25)22-16-13-20-21-14-16/h2,4-5,12-14H,3,6-11H2,1H3,(H,20,21)(H2,19,22,25). The Morgan fingerprint density at radius 3 is 2.84 bits per heavy atom. The van der Waals surface area contributed by atoms with Crippen molar-refractivity contribution < 1.29 is 4.79 Å². The number of nitrogens with zero attached hydrogens (tertiary/aromatic N) is 3. The number of H-pyrrole nitrogens is 1. The van der Waals surface area contributed by atoms with Gasteiger partial charge in [-0.1, -0.05) is 12.1 Å². The minimum Gasteiger partial charge on any atom is -0.369 e. The largest absolute Gasteiger partial charge is 0.369 e. The number of hydrogen-bond donors (Lipinski definition) is 3. The normalized spacial score (nSPS) is 15.2. The van der Waals surface area contributed by atoms with Crippen LogP contribution in [0.1, 0.15) is 12.0 Å². The number of urea groups is 1. The van der Waals surface area contributed by atoms with Gasteiger partial charge in [-0.05, 0) is 37.6 Å². The third-order valence-corrected chi connectivity index (χ3v) is 4.43. The summed E-state index contributed by atoms with van der Waals surface area (Å²) < 4.78 is 0. The molecule has 1 aromatic carbocycles. The lowest BCUT2D eigenvalue weighted by atomic mass is 10.2. The zero-order valence-electron chi connectivity index (χ0n) is 14.7. The summed E-state index contributed by atoms with van der Waals surface area (Å²) in [5.74, 6) is 0. The average Bonchev–Trinajstić information content (AvgIpc) is 3.12. The van der Waals surface area contributed by atoms with E-state index >= 15 is 0 Å². The van der Waals surface area contributed by atoms with Crippen molar-refractivity contribution in [2.45, 2.75) is 13.3 Å². The number of rotatable bonds is 6. The number of carbonyl (C=O) groups excluding carboxylic acids is 1. The Labute approximate surface area is 148 Å². The number of hydrogen-bond acceptors (Lipinski definition) is 4. The van der Waals surface area contributed by atoms with Crippen LogP contribution in [-0.4, -0.2) is 60.4 Å². The lowest BCUT2D eigenvalue weighted by Crippen LogP contribution is -2.47. The number of amides is 2. The Bertz CT molecular complexity index is 664. The summed E-state index contributed by atoms with van der Waals surface area (Å²) in [6.07, 6.45) is 4.17. The van der Waals surface area contributed by atoms with Crippen LogP contribution < -0.4 is 15.5 Å². The maximum absolute atomic E-state index is 11.7. The molecule has 7 nitrogen and oxygen atoms in total. The first-order valence-corrected chi connectivity index (χ1v) is 8.78. The van der Waals surface area contributed by atoms with Crippen LogP contribution in [-0.2, 0) is 0 Å². The molecule has 0 bridgehead atoms. The number of piperazine rings is 1. The van der Waals surface area contributed by atoms with Crippen molar-refractivity contribution in [2.75, 3.05) is 49.5 Å². The smallest absolute Gasteiger partial charge is 0.319 e. The predicted octanol–water partition coefficient (Wildman–Crippen LogP) is 2.05. The highest BCUT2D eigenvalue weighted by Gasteiger charge is 2.16. The summed E-state index contributed by atoms with van der Waals surface area (Å²) in [7, 11) is 0. The van der Waals surface area contributed by atoms with Gasteiger partial charge in [0.2, 0.25) is 0 Å². The van der Waals surface area contributed by atoms with Gasteiger partial charge in [-0.3, -0.25) is 10.00 Å². The van der Waals surface area contributed by atoms with Crippen molar-refractivity contribution in [1.82, 2.24) is 20.4 Å². The van der Waals surface area contributed by atoms with E-state index in [-0.39, 0.29) is 6.03 Å². The van der Waals surface area contributed by atoms with E-state index in [1.165, 1.54) is 11.3 Å². The molecule has 7 heteroatoms. The van der Waals surface area contributed by atoms with Crippen molar-refractivity contribution in [3.8, 4) is 0 Å². The van der Waals surface area contributed by atoms with Gasteiger partial charge in [-0.25, -0.2) is 4.79 Å². The first-order chi connectivity index (χ1) is 12.2.